The van der Waals surface area contributed by atoms with Gasteiger partial charge in [-0.2, -0.15) is 13.2 Å². The molecule has 0 saturated heterocycles. The molecule has 146 valence electrons. The zero-order chi connectivity index (χ0) is 19.9. The van der Waals surface area contributed by atoms with E-state index < -0.39 is 17.5 Å². The molecule has 3 aromatic rings. The summed E-state index contributed by atoms with van der Waals surface area (Å²) in [6, 6.07) is 5.28. The number of phenolic OH excluding ortho intramolecular Hbond substituents is 1. The molecule has 0 bridgehead atoms. The van der Waals surface area contributed by atoms with Crippen molar-refractivity contribution >= 4 is 23.0 Å². The highest BCUT2D eigenvalue weighted by molar-refractivity contribution is 7.15. The molecular weight excluding hydrogens is 393 g/mol. The van der Waals surface area contributed by atoms with Crippen LogP contribution in [0.4, 0.5) is 24.8 Å². The van der Waals surface area contributed by atoms with Crippen molar-refractivity contribution in [3.63, 3.8) is 0 Å². The van der Waals surface area contributed by atoms with E-state index in [0.717, 1.165) is 18.7 Å². The Morgan fingerprint density at radius 3 is 2.61 bits per heavy atom. The minimum atomic E-state index is -4.57. The van der Waals surface area contributed by atoms with Gasteiger partial charge < -0.3 is 15.5 Å². The Labute approximate surface area is 161 Å². The summed E-state index contributed by atoms with van der Waals surface area (Å²) in [6.45, 7) is 0. The molecule has 4 rings (SSSR count). The maximum Gasteiger partial charge on any atom is 0.433 e. The van der Waals surface area contributed by atoms with Gasteiger partial charge in [-0.05, 0) is 43.5 Å². The lowest BCUT2D eigenvalue weighted by atomic mass is 9.81. The van der Waals surface area contributed by atoms with Crippen LogP contribution in [0.1, 0.15) is 30.0 Å². The van der Waals surface area contributed by atoms with Crippen LogP contribution in [0.2, 0.25) is 0 Å². The number of hydrogen-bond acceptors (Lipinski definition) is 7. The molecule has 1 fully saturated rings. The van der Waals surface area contributed by atoms with Gasteiger partial charge >= 0.3 is 6.18 Å². The number of thiazole rings is 1. The molecule has 1 aliphatic rings. The lowest BCUT2D eigenvalue weighted by Crippen LogP contribution is -2.33. The monoisotopic (exact) mass is 408 g/mol. The van der Waals surface area contributed by atoms with Crippen LogP contribution in [0.15, 0.2) is 36.7 Å². The van der Waals surface area contributed by atoms with E-state index in [4.69, 9.17) is 0 Å². The van der Waals surface area contributed by atoms with Crippen molar-refractivity contribution in [1.82, 2.24) is 15.0 Å². The summed E-state index contributed by atoms with van der Waals surface area (Å²) in [5, 5.41) is 23.9. The standard InChI is InChI=1S/C18H15F3N4O2S/c19-18(20,21)14-4-7-22-16(25-14)24-10-2-3-12(26)11(8-10)13-9-23-15(28-13)17(27)5-1-6-17/h2-4,7-9,26-27H,1,5-6H2,(H,22,24,25). The molecular formula is C18H15F3N4O2S. The first-order valence-electron chi connectivity index (χ1n) is 8.44. The third-order valence-electron chi connectivity index (χ3n) is 4.55. The van der Waals surface area contributed by atoms with Crippen molar-refractivity contribution in [2.24, 2.45) is 0 Å². The lowest BCUT2D eigenvalue weighted by Gasteiger charge is -2.34. The first kappa shape index (κ1) is 18.6. The molecule has 2 heterocycles. The molecule has 0 atom stereocenters. The number of aromatic hydroxyl groups is 1. The molecule has 0 spiro atoms. The molecule has 6 nitrogen and oxygen atoms in total. The van der Waals surface area contributed by atoms with Crippen LogP contribution in [0.3, 0.4) is 0 Å². The van der Waals surface area contributed by atoms with Gasteiger partial charge in [0.05, 0.1) is 4.88 Å². The second-order valence-corrected chi connectivity index (χ2v) is 7.57. The Bertz CT molecular complexity index is 1020. The smallest absolute Gasteiger partial charge is 0.433 e. The highest BCUT2D eigenvalue weighted by Gasteiger charge is 2.39. The second kappa shape index (κ2) is 6.71. The van der Waals surface area contributed by atoms with Crippen molar-refractivity contribution in [2.45, 2.75) is 31.0 Å². The number of rotatable bonds is 4. The van der Waals surface area contributed by atoms with E-state index in [1.807, 2.05) is 0 Å². The van der Waals surface area contributed by atoms with Crippen LogP contribution < -0.4 is 5.32 Å². The van der Waals surface area contributed by atoms with E-state index in [0.29, 0.717) is 34.0 Å². The molecule has 1 saturated carbocycles. The Hall–Kier alpha value is -2.72. The lowest BCUT2D eigenvalue weighted by molar-refractivity contribution is -0.141. The average Bonchev–Trinajstić information content (AvgIpc) is 3.11. The number of aliphatic hydroxyl groups is 1. The molecule has 10 heteroatoms. The second-order valence-electron chi connectivity index (χ2n) is 6.53. The minimum Gasteiger partial charge on any atom is -0.507 e. The molecule has 0 unspecified atom stereocenters. The van der Waals surface area contributed by atoms with Crippen molar-refractivity contribution in [3.05, 3.63) is 47.4 Å². The summed E-state index contributed by atoms with van der Waals surface area (Å²) < 4.78 is 38.4. The molecule has 1 aromatic carbocycles. The number of halogens is 3. The van der Waals surface area contributed by atoms with Gasteiger partial charge in [0.2, 0.25) is 5.95 Å². The van der Waals surface area contributed by atoms with E-state index in [9.17, 15) is 23.4 Å². The fourth-order valence-corrected chi connectivity index (χ4v) is 3.94. The molecule has 1 aliphatic carbocycles. The Kier molecular flexibility index (Phi) is 4.47. The van der Waals surface area contributed by atoms with Gasteiger partial charge in [0.25, 0.3) is 0 Å². The van der Waals surface area contributed by atoms with Crippen LogP contribution in [0.25, 0.3) is 10.4 Å². The number of aromatic nitrogens is 3. The summed E-state index contributed by atoms with van der Waals surface area (Å²) in [5.41, 5.74) is -1.10. The fraction of sp³-hybridized carbons (Fsp3) is 0.278. The minimum absolute atomic E-state index is 0.00805. The van der Waals surface area contributed by atoms with Gasteiger partial charge in [-0.25, -0.2) is 15.0 Å². The van der Waals surface area contributed by atoms with Crippen LogP contribution in [-0.4, -0.2) is 25.2 Å². The van der Waals surface area contributed by atoms with Gasteiger partial charge in [0, 0.05) is 23.6 Å². The summed E-state index contributed by atoms with van der Waals surface area (Å²) in [4.78, 5) is 12.2. The van der Waals surface area contributed by atoms with E-state index in [1.54, 1.807) is 12.3 Å². The van der Waals surface area contributed by atoms with Crippen molar-refractivity contribution in [2.75, 3.05) is 5.32 Å². The van der Waals surface area contributed by atoms with E-state index in [1.165, 1.54) is 23.5 Å². The third-order valence-corrected chi connectivity index (χ3v) is 5.77. The van der Waals surface area contributed by atoms with Gasteiger partial charge in [-0.3, -0.25) is 0 Å². The topological polar surface area (TPSA) is 91.2 Å². The number of alkyl halides is 3. The van der Waals surface area contributed by atoms with Gasteiger partial charge in [-0.1, -0.05) is 0 Å². The third kappa shape index (κ3) is 3.52. The van der Waals surface area contributed by atoms with Gasteiger partial charge in [0.15, 0.2) is 0 Å². The van der Waals surface area contributed by atoms with Crippen LogP contribution in [0, 0.1) is 0 Å². The predicted octanol–water partition coefficient (Wildman–Crippen LogP) is 4.44. The quantitative estimate of drug-likeness (QED) is 0.553. The maximum absolute atomic E-state index is 12.8. The highest BCUT2D eigenvalue weighted by atomic mass is 32.1. The number of hydrogen-bond donors (Lipinski definition) is 3. The van der Waals surface area contributed by atoms with Crippen LogP contribution in [-0.2, 0) is 11.8 Å². The molecule has 28 heavy (non-hydrogen) atoms. The first-order valence-corrected chi connectivity index (χ1v) is 9.26. The SMILES string of the molecule is Oc1ccc(Nc2nccc(C(F)(F)F)n2)cc1-c1cnc(C2(O)CCC2)s1. The van der Waals surface area contributed by atoms with Crippen molar-refractivity contribution in [3.8, 4) is 16.2 Å². The Morgan fingerprint density at radius 1 is 1.14 bits per heavy atom. The molecule has 0 radical (unpaired) electrons. The molecule has 0 aliphatic heterocycles. The number of nitrogens with one attached hydrogen (secondary N) is 1. The normalized spacial score (nSPS) is 15.9. The van der Waals surface area contributed by atoms with E-state index in [2.05, 4.69) is 20.3 Å². The average molecular weight is 408 g/mol. The largest absolute Gasteiger partial charge is 0.507 e. The molecule has 2 aromatic heterocycles. The predicted molar refractivity (Wildman–Crippen MR) is 97.3 cm³/mol. The van der Waals surface area contributed by atoms with E-state index >= 15 is 0 Å². The maximum atomic E-state index is 12.8. The number of anilines is 2. The van der Waals surface area contributed by atoms with Crippen LogP contribution >= 0.6 is 11.3 Å². The summed E-state index contributed by atoms with van der Waals surface area (Å²) in [5.74, 6) is -0.216. The zero-order valence-corrected chi connectivity index (χ0v) is 15.2. The van der Waals surface area contributed by atoms with Gasteiger partial charge in [0.1, 0.15) is 22.1 Å². The highest BCUT2D eigenvalue weighted by Crippen LogP contribution is 2.45. The summed E-state index contributed by atoms with van der Waals surface area (Å²) >= 11 is 1.27. The Balaban J connectivity index is 1.61. The van der Waals surface area contributed by atoms with E-state index in [-0.39, 0.29) is 11.7 Å². The zero-order valence-electron chi connectivity index (χ0n) is 14.4. The number of benzene rings is 1. The number of phenols is 1. The van der Waals surface area contributed by atoms with Crippen molar-refractivity contribution < 1.29 is 23.4 Å². The Morgan fingerprint density at radius 2 is 1.93 bits per heavy atom. The summed E-state index contributed by atoms with van der Waals surface area (Å²) in [6.07, 6.45) is 0.262. The number of nitrogens with zero attached hydrogens (tertiary/aromatic N) is 3. The molecule has 0 amide bonds. The van der Waals surface area contributed by atoms with Gasteiger partial charge in [-0.15, -0.1) is 11.3 Å². The molecule has 3 N–H and O–H groups in total. The van der Waals surface area contributed by atoms with Crippen molar-refractivity contribution in [1.29, 1.82) is 0 Å². The van der Waals surface area contributed by atoms with Crippen LogP contribution in [0.5, 0.6) is 5.75 Å². The summed E-state index contributed by atoms with van der Waals surface area (Å²) in [7, 11) is 0. The fourth-order valence-electron chi connectivity index (χ4n) is 2.86. The first-order chi connectivity index (χ1) is 13.2.